The molecule has 0 fully saturated rings. The standard InChI is InChI=1S/C18H20N2O3/c1-3-20(4-2)18(22)14-7-5-8-15(13-14)19-17(21)11-10-16-9-6-12-23-16/h5-13H,3-4H2,1-2H3,(H,19,21)/b11-10+. The molecule has 0 saturated heterocycles. The highest BCUT2D eigenvalue weighted by molar-refractivity contribution is 6.03. The largest absolute Gasteiger partial charge is 0.465 e. The normalized spacial score (nSPS) is 10.7. The molecule has 0 atom stereocenters. The summed E-state index contributed by atoms with van der Waals surface area (Å²) in [6.45, 7) is 5.18. The minimum atomic E-state index is -0.283. The van der Waals surface area contributed by atoms with Crippen LogP contribution in [-0.2, 0) is 4.79 Å². The summed E-state index contributed by atoms with van der Waals surface area (Å²) < 4.78 is 5.12. The van der Waals surface area contributed by atoms with E-state index in [1.807, 2.05) is 13.8 Å². The van der Waals surface area contributed by atoms with E-state index in [2.05, 4.69) is 5.32 Å². The fourth-order valence-electron chi connectivity index (χ4n) is 2.15. The zero-order valence-corrected chi connectivity index (χ0v) is 13.3. The van der Waals surface area contributed by atoms with Gasteiger partial charge in [-0.05, 0) is 50.3 Å². The van der Waals surface area contributed by atoms with Crippen molar-refractivity contribution in [2.24, 2.45) is 0 Å². The molecule has 0 aliphatic rings. The summed E-state index contributed by atoms with van der Waals surface area (Å²) in [6.07, 6.45) is 4.51. The smallest absolute Gasteiger partial charge is 0.253 e. The summed E-state index contributed by atoms with van der Waals surface area (Å²) in [6, 6.07) is 10.4. The number of carbonyl (C=O) groups is 2. The fourth-order valence-corrected chi connectivity index (χ4v) is 2.15. The van der Waals surface area contributed by atoms with Crippen molar-refractivity contribution < 1.29 is 14.0 Å². The second-order valence-corrected chi connectivity index (χ2v) is 4.90. The molecule has 0 radical (unpaired) electrons. The first kappa shape index (κ1) is 16.5. The van der Waals surface area contributed by atoms with Gasteiger partial charge in [-0.3, -0.25) is 9.59 Å². The monoisotopic (exact) mass is 312 g/mol. The first-order valence-electron chi connectivity index (χ1n) is 7.56. The van der Waals surface area contributed by atoms with Crippen LogP contribution in [0.15, 0.2) is 53.2 Å². The predicted molar refractivity (Wildman–Crippen MR) is 90.1 cm³/mol. The lowest BCUT2D eigenvalue weighted by molar-refractivity contribution is -0.111. The van der Waals surface area contributed by atoms with Crippen LogP contribution in [0, 0.1) is 0 Å². The molecule has 2 rings (SSSR count). The number of furan rings is 1. The Hall–Kier alpha value is -2.82. The minimum absolute atomic E-state index is 0.0442. The van der Waals surface area contributed by atoms with Crippen molar-refractivity contribution in [2.45, 2.75) is 13.8 Å². The number of hydrogen-bond donors (Lipinski definition) is 1. The van der Waals surface area contributed by atoms with Crippen molar-refractivity contribution in [1.82, 2.24) is 4.90 Å². The van der Waals surface area contributed by atoms with Gasteiger partial charge in [-0.2, -0.15) is 0 Å². The third-order valence-corrected chi connectivity index (χ3v) is 3.37. The van der Waals surface area contributed by atoms with E-state index in [9.17, 15) is 9.59 Å². The highest BCUT2D eigenvalue weighted by atomic mass is 16.3. The van der Waals surface area contributed by atoms with E-state index in [-0.39, 0.29) is 11.8 Å². The first-order valence-corrected chi connectivity index (χ1v) is 7.56. The number of rotatable bonds is 6. The number of anilines is 1. The summed E-state index contributed by atoms with van der Waals surface area (Å²) in [5.74, 6) is 0.275. The Bertz CT molecular complexity index is 686. The van der Waals surface area contributed by atoms with Crippen LogP contribution < -0.4 is 5.32 Å². The zero-order valence-electron chi connectivity index (χ0n) is 13.3. The maximum absolute atomic E-state index is 12.3. The molecule has 1 N–H and O–H groups in total. The van der Waals surface area contributed by atoms with Crippen molar-refractivity contribution in [2.75, 3.05) is 18.4 Å². The lowest BCUT2D eigenvalue weighted by Crippen LogP contribution is -2.30. The average Bonchev–Trinajstić information content (AvgIpc) is 3.08. The number of hydrogen-bond acceptors (Lipinski definition) is 3. The molecule has 1 heterocycles. The van der Waals surface area contributed by atoms with Crippen LogP contribution in [-0.4, -0.2) is 29.8 Å². The molecule has 2 aromatic rings. The third-order valence-electron chi connectivity index (χ3n) is 3.37. The number of amides is 2. The quantitative estimate of drug-likeness (QED) is 0.831. The molecule has 0 unspecified atom stereocenters. The van der Waals surface area contributed by atoms with E-state index < -0.39 is 0 Å². The summed E-state index contributed by atoms with van der Waals surface area (Å²) in [5, 5.41) is 2.74. The minimum Gasteiger partial charge on any atom is -0.465 e. The Morgan fingerprint density at radius 1 is 1.17 bits per heavy atom. The van der Waals surface area contributed by atoms with Crippen LogP contribution in [0.1, 0.15) is 30.0 Å². The maximum atomic E-state index is 12.3. The van der Waals surface area contributed by atoms with Gasteiger partial charge in [-0.25, -0.2) is 0 Å². The molecule has 0 bridgehead atoms. The van der Waals surface area contributed by atoms with Crippen LogP contribution in [0.25, 0.3) is 6.08 Å². The van der Waals surface area contributed by atoms with Crippen LogP contribution in [0.4, 0.5) is 5.69 Å². The van der Waals surface area contributed by atoms with Crippen LogP contribution in [0.3, 0.4) is 0 Å². The number of carbonyl (C=O) groups excluding carboxylic acids is 2. The van der Waals surface area contributed by atoms with Crippen LogP contribution in [0.2, 0.25) is 0 Å². The molecule has 5 heteroatoms. The van der Waals surface area contributed by atoms with Gasteiger partial charge in [0.1, 0.15) is 5.76 Å². The van der Waals surface area contributed by atoms with E-state index >= 15 is 0 Å². The summed E-state index contributed by atoms with van der Waals surface area (Å²) in [7, 11) is 0. The van der Waals surface area contributed by atoms with Crippen molar-refractivity contribution in [3.63, 3.8) is 0 Å². The van der Waals surface area contributed by atoms with Crippen molar-refractivity contribution in [3.8, 4) is 0 Å². The number of benzene rings is 1. The Balaban J connectivity index is 2.05. The van der Waals surface area contributed by atoms with E-state index in [0.29, 0.717) is 30.1 Å². The Morgan fingerprint density at radius 2 is 1.96 bits per heavy atom. The molecule has 0 saturated carbocycles. The molecular formula is C18H20N2O3. The third kappa shape index (κ3) is 4.57. The molecule has 2 amide bonds. The van der Waals surface area contributed by atoms with Crippen LogP contribution in [0.5, 0.6) is 0 Å². The highest BCUT2D eigenvalue weighted by Gasteiger charge is 2.12. The second-order valence-electron chi connectivity index (χ2n) is 4.90. The summed E-state index contributed by atoms with van der Waals surface area (Å²) in [4.78, 5) is 25.9. The molecule has 1 aromatic heterocycles. The Labute approximate surface area is 135 Å². The van der Waals surface area contributed by atoms with Crippen molar-refractivity contribution in [3.05, 3.63) is 60.1 Å². The van der Waals surface area contributed by atoms with Gasteiger partial charge in [-0.15, -0.1) is 0 Å². The van der Waals surface area contributed by atoms with Crippen LogP contribution >= 0.6 is 0 Å². The summed E-state index contributed by atoms with van der Waals surface area (Å²) in [5.41, 5.74) is 1.14. The predicted octanol–water partition coefficient (Wildman–Crippen LogP) is 3.41. The molecule has 0 aliphatic carbocycles. The van der Waals surface area contributed by atoms with Gasteiger partial charge in [0.15, 0.2) is 0 Å². The second kappa shape index (κ2) is 7.98. The Morgan fingerprint density at radius 3 is 2.61 bits per heavy atom. The van der Waals surface area contributed by atoms with E-state index in [4.69, 9.17) is 4.42 Å². The Kier molecular flexibility index (Phi) is 5.74. The van der Waals surface area contributed by atoms with Crippen molar-refractivity contribution >= 4 is 23.6 Å². The molecule has 0 spiro atoms. The molecule has 120 valence electrons. The zero-order chi connectivity index (χ0) is 16.7. The molecule has 0 aliphatic heterocycles. The lowest BCUT2D eigenvalue weighted by atomic mass is 10.1. The van der Waals surface area contributed by atoms with Gasteiger partial charge in [0, 0.05) is 30.4 Å². The summed E-state index contributed by atoms with van der Waals surface area (Å²) >= 11 is 0. The number of nitrogens with zero attached hydrogens (tertiary/aromatic N) is 1. The fraction of sp³-hybridized carbons (Fsp3) is 0.222. The van der Waals surface area contributed by atoms with Gasteiger partial charge in [-0.1, -0.05) is 6.07 Å². The SMILES string of the molecule is CCN(CC)C(=O)c1cccc(NC(=O)/C=C/c2ccco2)c1. The molecule has 5 nitrogen and oxygen atoms in total. The van der Waals surface area contributed by atoms with Gasteiger partial charge < -0.3 is 14.6 Å². The lowest BCUT2D eigenvalue weighted by Gasteiger charge is -2.18. The maximum Gasteiger partial charge on any atom is 0.253 e. The first-order chi connectivity index (χ1) is 11.1. The van der Waals surface area contributed by atoms with Gasteiger partial charge >= 0.3 is 0 Å². The van der Waals surface area contributed by atoms with E-state index in [0.717, 1.165) is 0 Å². The molecule has 1 aromatic carbocycles. The average molecular weight is 312 g/mol. The van der Waals surface area contributed by atoms with E-state index in [1.54, 1.807) is 53.6 Å². The number of nitrogens with one attached hydrogen (secondary N) is 1. The van der Waals surface area contributed by atoms with Crippen molar-refractivity contribution in [1.29, 1.82) is 0 Å². The van der Waals surface area contributed by atoms with Gasteiger partial charge in [0.25, 0.3) is 5.91 Å². The van der Waals surface area contributed by atoms with Gasteiger partial charge in [0.05, 0.1) is 6.26 Å². The van der Waals surface area contributed by atoms with Gasteiger partial charge in [0.2, 0.25) is 5.91 Å². The highest BCUT2D eigenvalue weighted by Crippen LogP contribution is 2.13. The molecule has 23 heavy (non-hydrogen) atoms. The van der Waals surface area contributed by atoms with E-state index in [1.165, 1.54) is 6.08 Å². The molecular weight excluding hydrogens is 292 g/mol. The topological polar surface area (TPSA) is 62.6 Å².